The molecule has 1 aliphatic heterocycles. The fourth-order valence-electron chi connectivity index (χ4n) is 3.78. The Morgan fingerprint density at radius 1 is 1.09 bits per heavy atom. The lowest BCUT2D eigenvalue weighted by Gasteiger charge is -2.15. The molecule has 3 heterocycles. The first kappa shape index (κ1) is 20.4. The first-order valence-corrected chi connectivity index (χ1v) is 10.1. The molecule has 10 nitrogen and oxygen atoms in total. The third-order valence-corrected chi connectivity index (χ3v) is 5.39. The van der Waals surface area contributed by atoms with Crippen LogP contribution in [0.15, 0.2) is 68.2 Å². The number of methoxy groups -OCH3 is 1. The smallest absolute Gasteiger partial charge is 0.349 e. The molecular formula is C23H18N4O6. The molecule has 1 atom stereocenters. The molecule has 1 saturated heterocycles. The van der Waals surface area contributed by atoms with Gasteiger partial charge in [-0.15, -0.1) is 5.10 Å². The summed E-state index contributed by atoms with van der Waals surface area (Å²) in [5.41, 5.74) is -0.0147. The number of rotatable bonds is 5. The molecule has 2 aromatic carbocycles. The van der Waals surface area contributed by atoms with Gasteiger partial charge in [0, 0.05) is 24.0 Å². The van der Waals surface area contributed by atoms with Crippen molar-refractivity contribution >= 4 is 34.5 Å². The Hall–Kier alpha value is -4.47. The minimum Gasteiger partial charge on any atom is -0.493 e. The molecule has 0 spiro atoms. The Bertz CT molecular complexity index is 1410. The van der Waals surface area contributed by atoms with Crippen molar-refractivity contribution in [2.24, 2.45) is 0 Å². The maximum absolute atomic E-state index is 12.7. The van der Waals surface area contributed by atoms with Crippen LogP contribution in [0, 0.1) is 0 Å². The minimum absolute atomic E-state index is 0.0563. The summed E-state index contributed by atoms with van der Waals surface area (Å²) in [6, 6.07) is 15.6. The van der Waals surface area contributed by atoms with Crippen LogP contribution in [0.5, 0.6) is 5.75 Å². The summed E-state index contributed by atoms with van der Waals surface area (Å²) in [7, 11) is 1.46. The molecule has 33 heavy (non-hydrogen) atoms. The van der Waals surface area contributed by atoms with Gasteiger partial charge in [-0.2, -0.15) is 0 Å². The van der Waals surface area contributed by atoms with Crippen molar-refractivity contribution in [1.29, 1.82) is 0 Å². The molecule has 0 bridgehead atoms. The lowest BCUT2D eigenvalue weighted by atomic mass is 10.1. The van der Waals surface area contributed by atoms with E-state index in [0.29, 0.717) is 17.7 Å². The van der Waals surface area contributed by atoms with E-state index in [2.05, 4.69) is 15.5 Å². The number of hydrogen-bond donors (Lipinski definition) is 1. The van der Waals surface area contributed by atoms with E-state index in [0.717, 1.165) is 5.69 Å². The van der Waals surface area contributed by atoms with Gasteiger partial charge in [0.2, 0.25) is 11.8 Å². The zero-order valence-electron chi connectivity index (χ0n) is 17.5. The molecule has 5 rings (SSSR count). The third kappa shape index (κ3) is 3.82. The summed E-state index contributed by atoms with van der Waals surface area (Å²) in [6.45, 7) is 0.383. The van der Waals surface area contributed by atoms with Crippen molar-refractivity contribution in [2.75, 3.05) is 23.9 Å². The Morgan fingerprint density at radius 3 is 2.70 bits per heavy atom. The van der Waals surface area contributed by atoms with Gasteiger partial charge in [0.25, 0.3) is 5.91 Å². The Balaban J connectivity index is 1.33. The number of carbonyl (C=O) groups is 2. The SMILES string of the molecule is COc1cccc2cc(C(=O)Nc3nnc(C4CC(=O)N(c5ccccc5)C4)o3)c(=O)oc12. The van der Waals surface area contributed by atoms with Crippen LogP contribution < -0.4 is 20.6 Å². The molecule has 166 valence electrons. The zero-order valence-corrected chi connectivity index (χ0v) is 17.5. The molecule has 1 unspecified atom stereocenters. The van der Waals surface area contributed by atoms with Gasteiger partial charge in [0.1, 0.15) is 5.56 Å². The van der Waals surface area contributed by atoms with Gasteiger partial charge in [-0.05, 0) is 24.3 Å². The van der Waals surface area contributed by atoms with Gasteiger partial charge < -0.3 is 18.5 Å². The predicted molar refractivity (Wildman–Crippen MR) is 117 cm³/mol. The topological polar surface area (TPSA) is 128 Å². The van der Waals surface area contributed by atoms with E-state index in [-0.39, 0.29) is 41.3 Å². The average Bonchev–Trinajstić information content (AvgIpc) is 3.45. The molecule has 2 aromatic heterocycles. The van der Waals surface area contributed by atoms with Gasteiger partial charge in [0.05, 0.1) is 13.0 Å². The summed E-state index contributed by atoms with van der Waals surface area (Å²) < 4.78 is 16.0. The van der Waals surface area contributed by atoms with Crippen molar-refractivity contribution in [3.8, 4) is 5.75 Å². The van der Waals surface area contributed by atoms with Crippen LogP contribution in [0.1, 0.15) is 28.6 Å². The fraction of sp³-hybridized carbons (Fsp3) is 0.174. The number of benzene rings is 2. The van der Waals surface area contributed by atoms with E-state index in [4.69, 9.17) is 13.6 Å². The molecule has 1 aliphatic rings. The van der Waals surface area contributed by atoms with Crippen LogP contribution in [-0.4, -0.2) is 35.7 Å². The van der Waals surface area contributed by atoms with Crippen LogP contribution in [0.25, 0.3) is 11.0 Å². The summed E-state index contributed by atoms with van der Waals surface area (Å²) in [4.78, 5) is 39.1. The fourth-order valence-corrected chi connectivity index (χ4v) is 3.78. The first-order chi connectivity index (χ1) is 16.0. The Kier molecular flexibility index (Phi) is 5.09. The molecule has 1 fully saturated rings. The van der Waals surface area contributed by atoms with Crippen molar-refractivity contribution in [1.82, 2.24) is 10.2 Å². The van der Waals surface area contributed by atoms with Crippen LogP contribution in [0.3, 0.4) is 0 Å². The van der Waals surface area contributed by atoms with Gasteiger partial charge >= 0.3 is 11.6 Å². The second-order valence-electron chi connectivity index (χ2n) is 7.47. The summed E-state index contributed by atoms with van der Waals surface area (Å²) in [6.07, 6.45) is 0.209. The van der Waals surface area contributed by atoms with E-state index < -0.39 is 11.5 Å². The van der Waals surface area contributed by atoms with Crippen molar-refractivity contribution in [2.45, 2.75) is 12.3 Å². The molecule has 1 N–H and O–H groups in total. The molecular weight excluding hydrogens is 428 g/mol. The number of fused-ring (bicyclic) bond motifs is 1. The van der Waals surface area contributed by atoms with Gasteiger partial charge in [-0.25, -0.2) is 4.79 Å². The van der Waals surface area contributed by atoms with Crippen molar-refractivity contribution in [3.63, 3.8) is 0 Å². The summed E-state index contributed by atoms with van der Waals surface area (Å²) >= 11 is 0. The number of hydrogen-bond acceptors (Lipinski definition) is 8. The number of aromatic nitrogens is 2. The first-order valence-electron chi connectivity index (χ1n) is 10.1. The Labute approximate surface area is 186 Å². The molecule has 0 radical (unpaired) electrons. The van der Waals surface area contributed by atoms with Crippen LogP contribution in [-0.2, 0) is 4.79 Å². The highest BCUT2D eigenvalue weighted by Gasteiger charge is 2.35. The second-order valence-corrected chi connectivity index (χ2v) is 7.47. The number of para-hydroxylation sites is 2. The normalized spacial score (nSPS) is 15.7. The maximum Gasteiger partial charge on any atom is 0.349 e. The summed E-state index contributed by atoms with van der Waals surface area (Å²) in [5, 5.41) is 10.8. The molecule has 0 saturated carbocycles. The largest absolute Gasteiger partial charge is 0.493 e. The maximum atomic E-state index is 12.7. The second kappa shape index (κ2) is 8.23. The van der Waals surface area contributed by atoms with E-state index in [9.17, 15) is 14.4 Å². The molecule has 4 aromatic rings. The van der Waals surface area contributed by atoms with E-state index in [1.807, 2.05) is 30.3 Å². The van der Waals surface area contributed by atoms with Crippen molar-refractivity contribution in [3.05, 3.63) is 76.5 Å². The lowest BCUT2D eigenvalue weighted by Crippen LogP contribution is -2.24. The van der Waals surface area contributed by atoms with E-state index in [1.165, 1.54) is 13.2 Å². The third-order valence-electron chi connectivity index (χ3n) is 5.39. The molecule has 2 amide bonds. The van der Waals surface area contributed by atoms with Crippen LogP contribution in [0.2, 0.25) is 0 Å². The zero-order chi connectivity index (χ0) is 22.9. The van der Waals surface area contributed by atoms with Crippen LogP contribution >= 0.6 is 0 Å². The quantitative estimate of drug-likeness (QED) is 0.464. The van der Waals surface area contributed by atoms with Crippen molar-refractivity contribution < 1.29 is 23.2 Å². The highest BCUT2D eigenvalue weighted by molar-refractivity contribution is 6.04. The van der Waals surface area contributed by atoms with Gasteiger partial charge in [-0.3, -0.25) is 14.9 Å². The number of ether oxygens (including phenoxy) is 1. The number of nitrogens with zero attached hydrogens (tertiary/aromatic N) is 3. The van der Waals surface area contributed by atoms with E-state index in [1.54, 1.807) is 23.1 Å². The average molecular weight is 446 g/mol. The van der Waals surface area contributed by atoms with Crippen LogP contribution in [0.4, 0.5) is 11.7 Å². The standard InChI is InChI=1S/C23H18N4O6/c1-31-17-9-5-6-13-10-16(22(30)32-19(13)17)20(29)24-23-26-25-21(33-23)14-11-18(28)27(12-14)15-7-3-2-4-8-15/h2-10,14H,11-12H2,1H3,(H,24,26,29). The lowest BCUT2D eigenvalue weighted by molar-refractivity contribution is -0.117. The number of amides is 2. The number of carbonyl (C=O) groups excluding carboxylic acids is 2. The summed E-state index contributed by atoms with van der Waals surface area (Å²) in [5.74, 6) is -0.508. The van der Waals surface area contributed by atoms with Gasteiger partial charge in [0.15, 0.2) is 11.3 Å². The highest BCUT2D eigenvalue weighted by Crippen LogP contribution is 2.31. The molecule has 10 heteroatoms. The highest BCUT2D eigenvalue weighted by atomic mass is 16.5. The monoisotopic (exact) mass is 446 g/mol. The molecule has 0 aliphatic carbocycles. The predicted octanol–water partition coefficient (Wildman–Crippen LogP) is 2.96. The minimum atomic E-state index is -0.830. The Morgan fingerprint density at radius 2 is 1.91 bits per heavy atom. The number of nitrogens with one attached hydrogen (secondary N) is 1. The number of anilines is 2. The van der Waals surface area contributed by atoms with Gasteiger partial charge in [-0.1, -0.05) is 35.4 Å². The van der Waals surface area contributed by atoms with E-state index >= 15 is 0 Å².